The van der Waals surface area contributed by atoms with Gasteiger partial charge < -0.3 is 14.0 Å². The lowest BCUT2D eigenvalue weighted by atomic mass is 10.1. The summed E-state index contributed by atoms with van der Waals surface area (Å²) < 4.78 is 46.3. The summed E-state index contributed by atoms with van der Waals surface area (Å²) in [6, 6.07) is 5.46. The molecule has 1 fully saturated rings. The second-order valence-corrected chi connectivity index (χ2v) is 9.59. The smallest absolute Gasteiger partial charge is 0.236 e. The fourth-order valence-corrected chi connectivity index (χ4v) is 4.86. The van der Waals surface area contributed by atoms with E-state index < -0.39 is 10.0 Å². The van der Waals surface area contributed by atoms with Crippen molar-refractivity contribution in [1.82, 2.24) is 14.9 Å². The molecular formula is C19H24N4O5S. The van der Waals surface area contributed by atoms with Crippen LogP contribution >= 0.6 is 0 Å². The van der Waals surface area contributed by atoms with E-state index in [0.717, 1.165) is 12.0 Å². The number of nitrogens with zero attached hydrogens (tertiary/aromatic N) is 3. The maximum Gasteiger partial charge on any atom is 0.236 e. The molecule has 1 atom stereocenters. The second-order valence-electron chi connectivity index (χ2n) is 7.83. The lowest BCUT2D eigenvalue weighted by Gasteiger charge is -2.19. The molecule has 3 heterocycles. The molecule has 0 amide bonds. The molecule has 0 radical (unpaired) electrons. The molecule has 2 aromatic heterocycles. The molecule has 0 spiro atoms. The summed E-state index contributed by atoms with van der Waals surface area (Å²) in [6.45, 7) is 4.45. The summed E-state index contributed by atoms with van der Waals surface area (Å²) in [5.41, 5.74) is 1.03. The van der Waals surface area contributed by atoms with Crippen LogP contribution in [0.1, 0.15) is 32.3 Å². The molecule has 0 saturated carbocycles. The maximum absolute atomic E-state index is 12.7. The number of nitrogens with one attached hydrogen (secondary N) is 1. The maximum atomic E-state index is 12.7. The molecule has 29 heavy (non-hydrogen) atoms. The minimum atomic E-state index is -3.67. The van der Waals surface area contributed by atoms with Crippen LogP contribution in [0.4, 0.5) is 5.82 Å². The molecule has 1 aliphatic rings. The van der Waals surface area contributed by atoms with Gasteiger partial charge in [-0.05, 0) is 50.5 Å². The number of anilines is 1. The van der Waals surface area contributed by atoms with Crippen LogP contribution < -0.4 is 9.46 Å². The first kappa shape index (κ1) is 19.7. The van der Waals surface area contributed by atoms with E-state index in [1.165, 1.54) is 7.11 Å². The number of benzene rings is 1. The molecule has 1 unspecified atom stereocenters. The lowest BCUT2D eigenvalue weighted by Crippen LogP contribution is -2.28. The zero-order valence-corrected chi connectivity index (χ0v) is 17.4. The number of sulfonamides is 1. The van der Waals surface area contributed by atoms with Crippen LogP contribution in [0.5, 0.6) is 5.75 Å². The highest BCUT2D eigenvalue weighted by Gasteiger charge is 2.35. The van der Waals surface area contributed by atoms with Crippen molar-refractivity contribution in [2.45, 2.75) is 44.9 Å². The molecule has 10 heteroatoms. The van der Waals surface area contributed by atoms with Crippen LogP contribution in [0.25, 0.3) is 11.0 Å². The molecule has 0 aliphatic carbocycles. The molecule has 0 bridgehead atoms. The highest BCUT2D eigenvalue weighted by Crippen LogP contribution is 2.35. The fourth-order valence-electron chi connectivity index (χ4n) is 3.62. The van der Waals surface area contributed by atoms with Gasteiger partial charge in [0, 0.05) is 12.4 Å². The van der Waals surface area contributed by atoms with E-state index in [1.807, 2.05) is 32.2 Å². The van der Waals surface area contributed by atoms with Gasteiger partial charge in [0.2, 0.25) is 10.0 Å². The first-order valence-electron chi connectivity index (χ1n) is 9.37. The number of ether oxygens (including phenoxy) is 2. The number of hydrogen-bond acceptors (Lipinski definition) is 7. The van der Waals surface area contributed by atoms with Gasteiger partial charge in [0.05, 0.1) is 31.1 Å². The number of rotatable bonds is 7. The van der Waals surface area contributed by atoms with Crippen LogP contribution in [-0.4, -0.2) is 47.9 Å². The van der Waals surface area contributed by atoms with Crippen LogP contribution in [0.3, 0.4) is 0 Å². The zero-order valence-electron chi connectivity index (χ0n) is 16.6. The quantitative estimate of drug-likeness (QED) is 0.626. The first-order chi connectivity index (χ1) is 13.7. The Morgan fingerprint density at radius 3 is 2.86 bits per heavy atom. The molecule has 156 valence electrons. The molecule has 9 nitrogen and oxygen atoms in total. The molecular weight excluding hydrogens is 396 g/mol. The predicted molar refractivity (Wildman–Crippen MR) is 107 cm³/mol. The van der Waals surface area contributed by atoms with Crippen molar-refractivity contribution in [3.63, 3.8) is 0 Å². The molecule has 1 aromatic carbocycles. The van der Waals surface area contributed by atoms with Crippen LogP contribution in [-0.2, 0) is 21.3 Å². The monoisotopic (exact) mass is 420 g/mol. The van der Waals surface area contributed by atoms with Gasteiger partial charge in [-0.2, -0.15) is 5.10 Å². The van der Waals surface area contributed by atoms with Gasteiger partial charge >= 0.3 is 0 Å². The van der Waals surface area contributed by atoms with Crippen LogP contribution in [0, 0.1) is 0 Å². The van der Waals surface area contributed by atoms with E-state index in [2.05, 4.69) is 15.0 Å². The fraction of sp³-hybridized carbons (Fsp3) is 0.474. The highest BCUT2D eigenvalue weighted by molar-refractivity contribution is 7.92. The van der Waals surface area contributed by atoms with Gasteiger partial charge in [0.1, 0.15) is 11.1 Å². The van der Waals surface area contributed by atoms with Gasteiger partial charge in [-0.1, -0.05) is 5.16 Å². The summed E-state index contributed by atoms with van der Waals surface area (Å²) in [4.78, 5) is 0. The zero-order chi connectivity index (χ0) is 20.6. The molecule has 1 aliphatic heterocycles. The Morgan fingerprint density at radius 1 is 1.38 bits per heavy atom. The minimum absolute atomic E-state index is 0.111. The normalized spacial score (nSPS) is 18.9. The third-order valence-corrected chi connectivity index (χ3v) is 6.25. The second kappa shape index (κ2) is 7.34. The van der Waals surface area contributed by atoms with Crippen LogP contribution in [0.2, 0.25) is 0 Å². The Labute approximate surface area is 169 Å². The van der Waals surface area contributed by atoms with E-state index in [-0.39, 0.29) is 23.3 Å². The number of aromatic nitrogens is 3. The average Bonchev–Trinajstić information content (AvgIpc) is 3.35. The Balaban J connectivity index is 1.57. The van der Waals surface area contributed by atoms with Gasteiger partial charge in [-0.25, -0.2) is 8.42 Å². The number of fused-ring (bicyclic) bond motifs is 1. The number of methoxy groups -OCH3 is 1. The number of hydrogen-bond donors (Lipinski definition) is 1. The topological polar surface area (TPSA) is 108 Å². The largest absolute Gasteiger partial charge is 0.496 e. The Bertz CT molecular complexity index is 1110. The van der Waals surface area contributed by atoms with E-state index in [1.54, 1.807) is 16.9 Å². The van der Waals surface area contributed by atoms with Gasteiger partial charge in [0.25, 0.3) is 0 Å². The third-order valence-electron chi connectivity index (χ3n) is 4.93. The van der Waals surface area contributed by atoms with Crippen molar-refractivity contribution < 1.29 is 22.4 Å². The Hall–Kier alpha value is -2.59. The average molecular weight is 420 g/mol. The SMILES string of the molecule is COc1cc(Cn2cccn2)cc2onc(NS(=O)(=O)CC3CCC(C)(C)O3)c12. The van der Waals surface area contributed by atoms with Crippen LogP contribution in [0.15, 0.2) is 35.1 Å². The lowest BCUT2D eigenvalue weighted by molar-refractivity contribution is -0.00523. The first-order valence-corrected chi connectivity index (χ1v) is 11.0. The Kier molecular flexibility index (Phi) is 4.99. The van der Waals surface area contributed by atoms with E-state index in [9.17, 15) is 8.42 Å². The summed E-state index contributed by atoms with van der Waals surface area (Å²) in [5, 5.41) is 8.59. The Morgan fingerprint density at radius 2 is 2.21 bits per heavy atom. The van der Waals surface area contributed by atoms with E-state index in [4.69, 9.17) is 14.0 Å². The predicted octanol–water partition coefficient (Wildman–Crippen LogP) is 2.78. The van der Waals surface area contributed by atoms with E-state index >= 15 is 0 Å². The van der Waals surface area contributed by atoms with Crippen molar-refractivity contribution in [3.05, 3.63) is 36.2 Å². The van der Waals surface area contributed by atoms with Crippen molar-refractivity contribution in [2.75, 3.05) is 17.6 Å². The van der Waals surface area contributed by atoms with E-state index in [0.29, 0.717) is 29.7 Å². The molecule has 3 aromatic rings. The van der Waals surface area contributed by atoms with Crippen molar-refractivity contribution in [3.8, 4) is 5.75 Å². The molecule has 4 rings (SSSR count). The van der Waals surface area contributed by atoms with Gasteiger partial charge in [-0.15, -0.1) is 0 Å². The summed E-state index contributed by atoms with van der Waals surface area (Å²) in [5.74, 6) is 0.450. The highest BCUT2D eigenvalue weighted by atomic mass is 32.2. The summed E-state index contributed by atoms with van der Waals surface area (Å²) >= 11 is 0. The van der Waals surface area contributed by atoms with Crippen molar-refractivity contribution >= 4 is 26.8 Å². The summed E-state index contributed by atoms with van der Waals surface area (Å²) in [7, 11) is -2.15. The van der Waals surface area contributed by atoms with Gasteiger partial charge in [-0.3, -0.25) is 9.40 Å². The van der Waals surface area contributed by atoms with Crippen molar-refractivity contribution in [2.24, 2.45) is 0 Å². The molecule has 1 N–H and O–H groups in total. The molecule has 1 saturated heterocycles. The summed E-state index contributed by atoms with van der Waals surface area (Å²) in [6.07, 6.45) is 4.73. The van der Waals surface area contributed by atoms with Crippen molar-refractivity contribution in [1.29, 1.82) is 0 Å². The minimum Gasteiger partial charge on any atom is -0.496 e. The third kappa shape index (κ3) is 4.38. The standard InChI is InChI=1S/C19H24N4O5S/c1-19(2)6-5-14(27-19)12-29(24,25)22-18-17-15(26-3)9-13(10-16(17)28-21-18)11-23-8-4-7-20-23/h4,7-10,14H,5-6,11-12H2,1-3H3,(H,21,22). The van der Waals surface area contributed by atoms with Gasteiger partial charge in [0.15, 0.2) is 11.4 Å².